The van der Waals surface area contributed by atoms with Gasteiger partial charge in [0.05, 0.1) is 25.5 Å². The van der Waals surface area contributed by atoms with Crippen molar-refractivity contribution in [3.8, 4) is 5.75 Å². The van der Waals surface area contributed by atoms with Crippen molar-refractivity contribution in [3.63, 3.8) is 0 Å². The molecular weight excluding hydrogens is 474 g/mol. The summed E-state index contributed by atoms with van der Waals surface area (Å²) in [7, 11) is 1.67. The highest BCUT2D eigenvalue weighted by molar-refractivity contribution is 14.0. The number of guanidine groups is 1. The Balaban J connectivity index is 0.00000280. The molecule has 1 atom stereocenters. The summed E-state index contributed by atoms with van der Waals surface area (Å²) in [5, 5.41) is 6.31. The fourth-order valence-corrected chi connectivity index (χ4v) is 2.82. The van der Waals surface area contributed by atoms with Gasteiger partial charge in [0, 0.05) is 31.8 Å². The molecule has 0 radical (unpaired) electrons. The first kappa shape index (κ1) is 22.4. The van der Waals surface area contributed by atoms with Crippen molar-refractivity contribution in [1.82, 2.24) is 15.6 Å². The standard InChI is InChI=1S/C20H25FN4O2.HI/c1-14-5-6-15(19(10-14)27-16-7-9-26-13-16)11-24-20(22-2)25-12-18-17(21)4-3-8-23-18;/h3-6,8,10,16H,7,9,11-13H2,1-2H3,(H2,22,24,25);1H. The van der Waals surface area contributed by atoms with Gasteiger partial charge in [0.1, 0.15) is 17.7 Å². The first-order valence-corrected chi connectivity index (χ1v) is 9.03. The average Bonchev–Trinajstić information content (AvgIpc) is 3.17. The number of rotatable bonds is 6. The van der Waals surface area contributed by atoms with Crippen LogP contribution in [0.1, 0.15) is 23.2 Å². The summed E-state index contributed by atoms with van der Waals surface area (Å²) in [5.41, 5.74) is 2.52. The third-order valence-corrected chi connectivity index (χ3v) is 4.33. The van der Waals surface area contributed by atoms with Crippen molar-refractivity contribution in [3.05, 3.63) is 59.2 Å². The van der Waals surface area contributed by atoms with E-state index < -0.39 is 0 Å². The molecule has 2 N–H and O–H groups in total. The van der Waals surface area contributed by atoms with Crippen molar-refractivity contribution in [2.75, 3.05) is 20.3 Å². The fraction of sp³-hybridized carbons (Fsp3) is 0.400. The Morgan fingerprint density at radius 2 is 2.14 bits per heavy atom. The Bertz CT molecular complexity index is 798. The first-order valence-electron chi connectivity index (χ1n) is 9.03. The second-order valence-electron chi connectivity index (χ2n) is 6.43. The van der Waals surface area contributed by atoms with Crippen LogP contribution in [0.15, 0.2) is 41.5 Å². The van der Waals surface area contributed by atoms with Crippen LogP contribution in [0.4, 0.5) is 4.39 Å². The van der Waals surface area contributed by atoms with Crippen molar-refractivity contribution in [2.45, 2.75) is 32.5 Å². The van der Waals surface area contributed by atoms with E-state index in [2.05, 4.69) is 26.7 Å². The molecule has 1 fully saturated rings. The van der Waals surface area contributed by atoms with Crippen LogP contribution in [-0.4, -0.2) is 37.3 Å². The molecule has 1 aliphatic heterocycles. The highest BCUT2D eigenvalue weighted by Gasteiger charge is 2.18. The molecule has 0 bridgehead atoms. The number of pyridine rings is 1. The zero-order valence-electron chi connectivity index (χ0n) is 16.1. The molecule has 2 aromatic rings. The fourth-order valence-electron chi connectivity index (χ4n) is 2.82. The molecule has 3 rings (SSSR count). The van der Waals surface area contributed by atoms with E-state index in [-0.39, 0.29) is 42.4 Å². The zero-order chi connectivity index (χ0) is 19.1. The molecule has 1 aromatic carbocycles. The van der Waals surface area contributed by atoms with E-state index in [1.54, 1.807) is 19.3 Å². The third kappa shape index (κ3) is 6.30. The quantitative estimate of drug-likeness (QED) is 0.363. The van der Waals surface area contributed by atoms with Gasteiger partial charge < -0.3 is 20.1 Å². The molecule has 0 aliphatic carbocycles. The summed E-state index contributed by atoms with van der Waals surface area (Å²) < 4.78 is 25.2. The molecule has 1 aromatic heterocycles. The highest BCUT2D eigenvalue weighted by Crippen LogP contribution is 2.23. The molecule has 0 spiro atoms. The Morgan fingerprint density at radius 3 is 2.86 bits per heavy atom. The van der Waals surface area contributed by atoms with Gasteiger partial charge in [-0.1, -0.05) is 12.1 Å². The van der Waals surface area contributed by atoms with Crippen LogP contribution in [0.2, 0.25) is 0 Å². The summed E-state index contributed by atoms with van der Waals surface area (Å²) in [6.07, 6.45) is 2.56. The maximum absolute atomic E-state index is 13.7. The SMILES string of the molecule is CN=C(NCc1ccc(C)cc1OC1CCOC1)NCc1ncccc1F.I. The smallest absolute Gasteiger partial charge is 0.191 e. The van der Waals surface area contributed by atoms with Gasteiger partial charge in [-0.15, -0.1) is 24.0 Å². The highest BCUT2D eigenvalue weighted by atomic mass is 127. The molecule has 0 saturated carbocycles. The largest absolute Gasteiger partial charge is 0.488 e. The zero-order valence-corrected chi connectivity index (χ0v) is 18.4. The van der Waals surface area contributed by atoms with Crippen LogP contribution in [-0.2, 0) is 17.8 Å². The minimum Gasteiger partial charge on any atom is -0.488 e. The van der Waals surface area contributed by atoms with Gasteiger partial charge in [0.25, 0.3) is 0 Å². The molecular formula is C20H26FIN4O2. The number of aryl methyl sites for hydroxylation is 1. The minimum absolute atomic E-state index is 0. The predicted molar refractivity (Wildman–Crippen MR) is 118 cm³/mol. The van der Waals surface area contributed by atoms with Gasteiger partial charge in [-0.05, 0) is 30.7 Å². The van der Waals surface area contributed by atoms with Crippen LogP contribution < -0.4 is 15.4 Å². The minimum atomic E-state index is -0.339. The van der Waals surface area contributed by atoms with Crippen LogP contribution in [0, 0.1) is 12.7 Å². The van der Waals surface area contributed by atoms with Gasteiger partial charge in [0.2, 0.25) is 0 Å². The Kier molecular flexibility index (Phi) is 8.91. The van der Waals surface area contributed by atoms with Crippen LogP contribution >= 0.6 is 24.0 Å². The lowest BCUT2D eigenvalue weighted by Gasteiger charge is -2.18. The Hall–Kier alpha value is -1.94. The second kappa shape index (κ2) is 11.2. The number of halogens is 2. The molecule has 1 aliphatic rings. The average molecular weight is 500 g/mol. The summed E-state index contributed by atoms with van der Waals surface area (Å²) in [4.78, 5) is 8.21. The summed E-state index contributed by atoms with van der Waals surface area (Å²) in [5.74, 6) is 1.08. The third-order valence-electron chi connectivity index (χ3n) is 4.33. The molecule has 6 nitrogen and oxygen atoms in total. The predicted octanol–water partition coefficient (Wildman–Crippen LogP) is 3.18. The van der Waals surface area contributed by atoms with E-state index >= 15 is 0 Å². The number of aromatic nitrogens is 1. The van der Waals surface area contributed by atoms with E-state index in [0.29, 0.717) is 24.8 Å². The lowest BCUT2D eigenvalue weighted by molar-refractivity contribution is 0.140. The number of hydrogen-bond acceptors (Lipinski definition) is 4. The van der Waals surface area contributed by atoms with E-state index in [1.165, 1.54) is 6.07 Å². The van der Waals surface area contributed by atoms with Gasteiger partial charge in [-0.25, -0.2) is 4.39 Å². The normalized spacial score (nSPS) is 16.4. The molecule has 8 heteroatoms. The molecule has 152 valence electrons. The first-order chi connectivity index (χ1) is 13.2. The Labute approximate surface area is 182 Å². The molecule has 1 unspecified atom stereocenters. The molecule has 2 heterocycles. The summed E-state index contributed by atoms with van der Waals surface area (Å²) in [6.45, 7) is 4.19. The van der Waals surface area contributed by atoms with Crippen molar-refractivity contribution in [1.29, 1.82) is 0 Å². The van der Waals surface area contributed by atoms with E-state index in [4.69, 9.17) is 9.47 Å². The summed E-state index contributed by atoms with van der Waals surface area (Å²) in [6, 6.07) is 9.09. The topological polar surface area (TPSA) is 67.8 Å². The number of nitrogens with zero attached hydrogens (tertiary/aromatic N) is 2. The molecule has 1 saturated heterocycles. The monoisotopic (exact) mass is 500 g/mol. The maximum Gasteiger partial charge on any atom is 0.191 e. The maximum atomic E-state index is 13.7. The lowest BCUT2D eigenvalue weighted by atomic mass is 10.1. The van der Waals surface area contributed by atoms with Crippen LogP contribution in [0.5, 0.6) is 5.75 Å². The molecule has 0 amide bonds. The number of benzene rings is 1. The Morgan fingerprint density at radius 1 is 1.32 bits per heavy atom. The van der Waals surface area contributed by atoms with Crippen LogP contribution in [0.25, 0.3) is 0 Å². The number of nitrogens with one attached hydrogen (secondary N) is 2. The van der Waals surface area contributed by atoms with Gasteiger partial charge in [-0.3, -0.25) is 9.98 Å². The van der Waals surface area contributed by atoms with Gasteiger partial charge in [-0.2, -0.15) is 0 Å². The number of hydrogen-bond donors (Lipinski definition) is 2. The summed E-state index contributed by atoms with van der Waals surface area (Å²) >= 11 is 0. The van der Waals surface area contributed by atoms with Crippen LogP contribution in [0.3, 0.4) is 0 Å². The lowest BCUT2D eigenvalue weighted by Crippen LogP contribution is -2.36. The number of ether oxygens (including phenoxy) is 2. The van der Waals surface area contributed by atoms with Gasteiger partial charge in [0.15, 0.2) is 5.96 Å². The van der Waals surface area contributed by atoms with Crippen molar-refractivity contribution < 1.29 is 13.9 Å². The van der Waals surface area contributed by atoms with Crippen molar-refractivity contribution >= 4 is 29.9 Å². The van der Waals surface area contributed by atoms with E-state index in [0.717, 1.165) is 29.9 Å². The van der Waals surface area contributed by atoms with Crippen molar-refractivity contribution in [2.24, 2.45) is 4.99 Å². The molecule has 28 heavy (non-hydrogen) atoms. The van der Waals surface area contributed by atoms with E-state index in [9.17, 15) is 4.39 Å². The second-order valence-corrected chi connectivity index (χ2v) is 6.43. The van der Waals surface area contributed by atoms with E-state index in [1.807, 2.05) is 19.1 Å². The number of aliphatic imine (C=N–C) groups is 1. The van der Waals surface area contributed by atoms with Gasteiger partial charge >= 0.3 is 0 Å².